The van der Waals surface area contributed by atoms with Crippen LogP contribution in [0.4, 0.5) is 0 Å². The van der Waals surface area contributed by atoms with E-state index in [1.165, 1.54) is 0 Å². The summed E-state index contributed by atoms with van der Waals surface area (Å²) < 4.78 is 0. The van der Waals surface area contributed by atoms with Crippen molar-refractivity contribution in [2.45, 2.75) is 19.9 Å². The third-order valence-electron chi connectivity index (χ3n) is 1.03. The van der Waals surface area contributed by atoms with E-state index in [1.54, 1.807) is 0 Å². The molecule has 2 N–H and O–H groups in total. The molecule has 0 amide bonds. The summed E-state index contributed by atoms with van der Waals surface area (Å²) in [4.78, 5) is 14.7. The molecule has 0 spiro atoms. The Morgan fingerprint density at radius 2 is 2.27 bits per heavy atom. The van der Waals surface area contributed by atoms with Gasteiger partial charge in [0, 0.05) is 12.6 Å². The van der Waals surface area contributed by atoms with Crippen molar-refractivity contribution in [2.75, 3.05) is 19.7 Å². The van der Waals surface area contributed by atoms with Crippen LogP contribution in [0.15, 0.2) is 0 Å². The number of hydrogen-bond acceptors (Lipinski definition) is 4. The average molecular weight is 160 g/mol. The number of aldehydes is 1. The van der Waals surface area contributed by atoms with Crippen molar-refractivity contribution in [3.63, 3.8) is 0 Å². The van der Waals surface area contributed by atoms with Gasteiger partial charge in [-0.1, -0.05) is 13.8 Å². The zero-order chi connectivity index (χ0) is 8.53. The molecule has 0 fully saturated rings. The van der Waals surface area contributed by atoms with Gasteiger partial charge in [-0.25, -0.2) is 0 Å². The summed E-state index contributed by atoms with van der Waals surface area (Å²) in [7, 11) is 0. The lowest BCUT2D eigenvalue weighted by Gasteiger charge is -2.07. The molecule has 0 aromatic rings. The second-order valence-corrected chi connectivity index (χ2v) is 2.47. The zero-order valence-electron chi connectivity index (χ0n) is 7.09. The second-order valence-electron chi connectivity index (χ2n) is 2.47. The van der Waals surface area contributed by atoms with E-state index in [-0.39, 0.29) is 6.54 Å². The van der Waals surface area contributed by atoms with Gasteiger partial charge in [-0.05, 0) is 0 Å². The largest absolute Gasteiger partial charge is 0.312 e. The van der Waals surface area contributed by atoms with E-state index in [0.29, 0.717) is 12.6 Å². The summed E-state index contributed by atoms with van der Waals surface area (Å²) in [5.41, 5.74) is 2.50. The Kier molecular flexibility index (Phi) is 7.34. The Bertz CT molecular complexity index is 96.4. The highest BCUT2D eigenvalue weighted by Gasteiger charge is 1.90. The van der Waals surface area contributed by atoms with Crippen LogP contribution in [0.1, 0.15) is 13.8 Å². The van der Waals surface area contributed by atoms with E-state index in [2.05, 4.69) is 24.6 Å². The highest BCUT2D eigenvalue weighted by molar-refractivity contribution is 5.51. The number of hydroxylamine groups is 1. The summed E-state index contributed by atoms with van der Waals surface area (Å²) in [5, 5.41) is 3.17. The first-order valence-electron chi connectivity index (χ1n) is 3.79. The highest BCUT2D eigenvalue weighted by atomic mass is 16.6. The van der Waals surface area contributed by atoms with E-state index in [9.17, 15) is 4.79 Å². The Morgan fingerprint density at radius 1 is 1.55 bits per heavy atom. The van der Waals surface area contributed by atoms with E-state index in [1.807, 2.05) is 0 Å². The van der Waals surface area contributed by atoms with Gasteiger partial charge in [0.05, 0.1) is 13.2 Å². The van der Waals surface area contributed by atoms with Crippen molar-refractivity contribution in [1.82, 2.24) is 10.8 Å². The molecule has 0 saturated heterocycles. The maximum atomic E-state index is 9.79. The third-order valence-corrected chi connectivity index (χ3v) is 1.03. The molecule has 0 radical (unpaired) electrons. The average Bonchev–Trinajstić information content (AvgIpc) is 1.96. The van der Waals surface area contributed by atoms with Crippen LogP contribution in [0.5, 0.6) is 0 Å². The van der Waals surface area contributed by atoms with Crippen molar-refractivity contribution in [3.8, 4) is 0 Å². The quantitative estimate of drug-likeness (QED) is 0.305. The molecule has 11 heavy (non-hydrogen) atoms. The van der Waals surface area contributed by atoms with Gasteiger partial charge >= 0.3 is 0 Å². The fraction of sp³-hybridized carbons (Fsp3) is 0.857. The van der Waals surface area contributed by atoms with Crippen molar-refractivity contribution in [2.24, 2.45) is 0 Å². The number of nitrogens with one attached hydrogen (secondary N) is 2. The summed E-state index contributed by atoms with van der Waals surface area (Å²) >= 11 is 0. The van der Waals surface area contributed by atoms with Crippen LogP contribution in [0.25, 0.3) is 0 Å². The van der Waals surface area contributed by atoms with Gasteiger partial charge in [0.2, 0.25) is 0 Å². The van der Waals surface area contributed by atoms with Crippen LogP contribution >= 0.6 is 0 Å². The van der Waals surface area contributed by atoms with Crippen LogP contribution in [-0.2, 0) is 9.63 Å². The molecule has 4 heteroatoms. The zero-order valence-corrected chi connectivity index (χ0v) is 7.09. The van der Waals surface area contributed by atoms with Crippen LogP contribution in [0.3, 0.4) is 0 Å². The van der Waals surface area contributed by atoms with Gasteiger partial charge in [-0.2, -0.15) is 5.48 Å². The number of carbonyl (C=O) groups is 1. The lowest BCUT2D eigenvalue weighted by molar-refractivity contribution is -0.109. The molecule has 0 aromatic heterocycles. The minimum absolute atomic E-state index is 0.252. The monoisotopic (exact) mass is 160 g/mol. The molecule has 0 rings (SSSR count). The van der Waals surface area contributed by atoms with Gasteiger partial charge in [0.25, 0.3) is 0 Å². The Hall–Kier alpha value is -0.450. The maximum absolute atomic E-state index is 9.79. The fourth-order valence-corrected chi connectivity index (χ4v) is 0.564. The highest BCUT2D eigenvalue weighted by Crippen LogP contribution is 1.74. The van der Waals surface area contributed by atoms with E-state index in [4.69, 9.17) is 4.84 Å². The van der Waals surface area contributed by atoms with Crippen molar-refractivity contribution < 1.29 is 9.63 Å². The lowest BCUT2D eigenvalue weighted by Crippen LogP contribution is -2.29. The third kappa shape index (κ3) is 9.55. The SMILES string of the molecule is CC(C)NCCONCC=O. The molecule has 66 valence electrons. The predicted octanol–water partition coefficient (Wildman–Crippen LogP) is -0.296. The summed E-state index contributed by atoms with van der Waals surface area (Å²) in [5.74, 6) is 0. The summed E-state index contributed by atoms with van der Waals surface area (Å²) in [6.45, 7) is 5.76. The Balaban J connectivity index is 2.85. The van der Waals surface area contributed by atoms with Gasteiger partial charge in [-0.15, -0.1) is 0 Å². The van der Waals surface area contributed by atoms with Gasteiger partial charge in [-0.3, -0.25) is 0 Å². The van der Waals surface area contributed by atoms with E-state index >= 15 is 0 Å². The smallest absolute Gasteiger partial charge is 0.136 e. The van der Waals surface area contributed by atoms with Gasteiger partial charge < -0.3 is 14.9 Å². The molecule has 0 aliphatic rings. The number of rotatable bonds is 7. The lowest BCUT2D eigenvalue weighted by atomic mass is 10.4. The normalized spacial score (nSPS) is 10.5. The van der Waals surface area contributed by atoms with Crippen LogP contribution < -0.4 is 10.8 Å². The van der Waals surface area contributed by atoms with Crippen LogP contribution in [0, 0.1) is 0 Å². The number of carbonyl (C=O) groups excluding carboxylic acids is 1. The topological polar surface area (TPSA) is 50.4 Å². The Morgan fingerprint density at radius 3 is 2.82 bits per heavy atom. The second kappa shape index (κ2) is 7.65. The van der Waals surface area contributed by atoms with Gasteiger partial charge in [0.1, 0.15) is 6.29 Å². The van der Waals surface area contributed by atoms with Crippen LogP contribution in [-0.4, -0.2) is 32.0 Å². The van der Waals surface area contributed by atoms with Crippen molar-refractivity contribution >= 4 is 6.29 Å². The number of hydrogen-bond donors (Lipinski definition) is 2. The first-order chi connectivity index (χ1) is 5.27. The molecule has 0 atom stereocenters. The van der Waals surface area contributed by atoms with E-state index < -0.39 is 0 Å². The molecule has 0 heterocycles. The molecule has 0 aliphatic heterocycles. The first kappa shape index (κ1) is 10.6. The molecule has 0 unspecified atom stereocenters. The summed E-state index contributed by atoms with van der Waals surface area (Å²) in [6, 6.07) is 0.477. The fourth-order valence-electron chi connectivity index (χ4n) is 0.564. The minimum Gasteiger partial charge on any atom is -0.312 e. The molecule has 0 aromatic carbocycles. The standard InChI is InChI=1S/C7H16N2O2/c1-7(2)8-4-6-11-9-3-5-10/h5,7-9H,3-4,6H2,1-2H3. The Labute approximate surface area is 67.3 Å². The molecule has 0 saturated carbocycles. The van der Waals surface area contributed by atoms with Crippen molar-refractivity contribution in [3.05, 3.63) is 0 Å². The minimum atomic E-state index is 0.252. The first-order valence-corrected chi connectivity index (χ1v) is 3.79. The molecular weight excluding hydrogens is 144 g/mol. The molecule has 4 nitrogen and oxygen atoms in total. The predicted molar refractivity (Wildman–Crippen MR) is 43.2 cm³/mol. The van der Waals surface area contributed by atoms with E-state index in [0.717, 1.165) is 12.8 Å². The molecule has 0 aliphatic carbocycles. The molecular formula is C7H16N2O2. The van der Waals surface area contributed by atoms with Crippen molar-refractivity contribution in [1.29, 1.82) is 0 Å². The molecule has 0 bridgehead atoms. The van der Waals surface area contributed by atoms with Gasteiger partial charge in [0.15, 0.2) is 0 Å². The maximum Gasteiger partial charge on any atom is 0.136 e. The van der Waals surface area contributed by atoms with Crippen LogP contribution in [0.2, 0.25) is 0 Å². The summed E-state index contributed by atoms with van der Waals surface area (Å²) in [6.07, 6.45) is 0.760.